The first kappa shape index (κ1) is 15.1. The first-order valence-electron chi connectivity index (χ1n) is 7.17. The van der Waals surface area contributed by atoms with Gasteiger partial charge in [-0.15, -0.1) is 0 Å². The molecule has 0 unspecified atom stereocenters. The Kier molecular flexibility index (Phi) is 3.56. The summed E-state index contributed by atoms with van der Waals surface area (Å²) in [7, 11) is 0. The summed E-state index contributed by atoms with van der Waals surface area (Å²) < 4.78 is 19.5. The van der Waals surface area contributed by atoms with Crippen LogP contribution in [0.25, 0.3) is 22.3 Å². The van der Waals surface area contributed by atoms with Gasteiger partial charge < -0.3 is 14.6 Å². The molecule has 23 heavy (non-hydrogen) atoms. The second-order valence-electron chi connectivity index (χ2n) is 5.68. The fraction of sp³-hybridized carbons (Fsp3) is 0.167. The van der Waals surface area contributed by atoms with Crippen molar-refractivity contribution in [2.24, 2.45) is 0 Å². The van der Waals surface area contributed by atoms with E-state index in [1.165, 1.54) is 30.3 Å². The summed E-state index contributed by atoms with van der Waals surface area (Å²) in [6.07, 6.45) is 0. The summed E-state index contributed by atoms with van der Waals surface area (Å²) in [5, 5.41) is 19.2. The van der Waals surface area contributed by atoms with Crippen LogP contribution in [-0.2, 0) is 0 Å². The zero-order chi connectivity index (χ0) is 16.7. The highest BCUT2D eigenvalue weighted by atomic mass is 19.1. The summed E-state index contributed by atoms with van der Waals surface area (Å²) in [6, 6.07) is 8.11. The number of halogens is 1. The molecule has 3 aromatic rings. The van der Waals surface area contributed by atoms with Gasteiger partial charge in [0.1, 0.15) is 17.1 Å². The van der Waals surface area contributed by atoms with Crippen LogP contribution in [-0.4, -0.2) is 10.2 Å². The maximum atomic E-state index is 13.7. The van der Waals surface area contributed by atoms with Crippen molar-refractivity contribution in [1.29, 1.82) is 0 Å². The first-order chi connectivity index (χ1) is 10.9. The molecule has 118 valence electrons. The van der Waals surface area contributed by atoms with Crippen molar-refractivity contribution in [2.45, 2.75) is 19.8 Å². The smallest absolute Gasteiger partial charge is 0.196 e. The molecule has 0 fully saturated rings. The van der Waals surface area contributed by atoms with Crippen LogP contribution in [0.3, 0.4) is 0 Å². The van der Waals surface area contributed by atoms with Crippen LogP contribution in [0, 0.1) is 5.82 Å². The van der Waals surface area contributed by atoms with Crippen molar-refractivity contribution in [3.63, 3.8) is 0 Å². The van der Waals surface area contributed by atoms with E-state index in [2.05, 4.69) is 0 Å². The zero-order valence-electron chi connectivity index (χ0n) is 12.6. The highest BCUT2D eigenvalue weighted by molar-refractivity contribution is 5.82. The van der Waals surface area contributed by atoms with E-state index in [-0.39, 0.29) is 28.2 Å². The SMILES string of the molecule is CC(C)c1c(-c2ccc(O)c(F)c2)oc2ccc(O)cc2c1=O. The molecule has 0 saturated heterocycles. The number of benzene rings is 2. The Hall–Kier alpha value is -2.82. The Morgan fingerprint density at radius 3 is 2.48 bits per heavy atom. The standard InChI is InChI=1S/C18H15FO4/c1-9(2)16-17(22)12-8-11(20)4-6-15(12)23-18(16)10-3-5-14(21)13(19)7-10/h3-9,20-21H,1-2H3. The second-order valence-corrected chi connectivity index (χ2v) is 5.68. The fourth-order valence-electron chi connectivity index (χ4n) is 2.58. The Morgan fingerprint density at radius 2 is 1.83 bits per heavy atom. The Balaban J connectivity index is 2.39. The summed E-state index contributed by atoms with van der Waals surface area (Å²) in [5.74, 6) is -1.17. The van der Waals surface area contributed by atoms with Crippen LogP contribution >= 0.6 is 0 Å². The molecule has 2 aromatic carbocycles. The minimum Gasteiger partial charge on any atom is -0.508 e. The van der Waals surface area contributed by atoms with E-state index in [1.54, 1.807) is 0 Å². The van der Waals surface area contributed by atoms with E-state index in [0.29, 0.717) is 16.7 Å². The van der Waals surface area contributed by atoms with Crippen molar-refractivity contribution in [3.8, 4) is 22.8 Å². The van der Waals surface area contributed by atoms with Crippen LogP contribution in [0.1, 0.15) is 25.3 Å². The van der Waals surface area contributed by atoms with E-state index >= 15 is 0 Å². The molecule has 0 atom stereocenters. The van der Waals surface area contributed by atoms with Crippen LogP contribution in [0.5, 0.6) is 11.5 Å². The normalized spacial score (nSPS) is 11.3. The predicted octanol–water partition coefficient (Wildman–Crippen LogP) is 4.13. The number of phenolic OH excluding ortho intramolecular Hbond substituents is 2. The average molecular weight is 314 g/mol. The van der Waals surface area contributed by atoms with E-state index in [1.807, 2.05) is 13.8 Å². The molecular formula is C18H15FO4. The Bertz CT molecular complexity index is 957. The van der Waals surface area contributed by atoms with Crippen molar-refractivity contribution in [2.75, 3.05) is 0 Å². The third kappa shape index (κ3) is 2.54. The third-order valence-electron chi connectivity index (χ3n) is 3.70. The number of hydrogen-bond acceptors (Lipinski definition) is 4. The number of fused-ring (bicyclic) bond motifs is 1. The number of phenols is 2. The molecule has 4 nitrogen and oxygen atoms in total. The third-order valence-corrected chi connectivity index (χ3v) is 3.70. The molecular weight excluding hydrogens is 299 g/mol. The molecule has 0 aliphatic heterocycles. The second kappa shape index (κ2) is 5.43. The number of hydrogen-bond donors (Lipinski definition) is 2. The van der Waals surface area contributed by atoms with Crippen LogP contribution in [0.2, 0.25) is 0 Å². The van der Waals surface area contributed by atoms with Gasteiger partial charge in [0.15, 0.2) is 17.0 Å². The van der Waals surface area contributed by atoms with Gasteiger partial charge in [0.2, 0.25) is 0 Å². The van der Waals surface area contributed by atoms with Gasteiger partial charge in [-0.25, -0.2) is 4.39 Å². The molecule has 0 bridgehead atoms. The monoisotopic (exact) mass is 314 g/mol. The van der Waals surface area contributed by atoms with E-state index in [4.69, 9.17) is 4.42 Å². The highest BCUT2D eigenvalue weighted by Crippen LogP contribution is 2.32. The molecule has 0 radical (unpaired) electrons. The fourth-order valence-corrected chi connectivity index (χ4v) is 2.58. The molecule has 5 heteroatoms. The molecule has 3 rings (SSSR count). The van der Waals surface area contributed by atoms with Crippen molar-refractivity contribution in [1.82, 2.24) is 0 Å². The van der Waals surface area contributed by atoms with Gasteiger partial charge in [0.05, 0.1) is 5.39 Å². The summed E-state index contributed by atoms with van der Waals surface area (Å²) in [5.41, 5.74) is 0.811. The largest absolute Gasteiger partial charge is 0.508 e. The van der Waals surface area contributed by atoms with Crippen molar-refractivity contribution < 1.29 is 19.0 Å². The highest BCUT2D eigenvalue weighted by Gasteiger charge is 2.19. The van der Waals surface area contributed by atoms with Crippen LogP contribution in [0.15, 0.2) is 45.6 Å². The van der Waals surface area contributed by atoms with Gasteiger partial charge >= 0.3 is 0 Å². The molecule has 0 spiro atoms. The lowest BCUT2D eigenvalue weighted by Crippen LogP contribution is -2.12. The zero-order valence-corrected chi connectivity index (χ0v) is 12.6. The molecule has 1 heterocycles. The quantitative estimate of drug-likeness (QED) is 0.746. The van der Waals surface area contributed by atoms with Gasteiger partial charge in [-0.1, -0.05) is 13.8 Å². The van der Waals surface area contributed by atoms with E-state index < -0.39 is 11.6 Å². The van der Waals surface area contributed by atoms with Gasteiger partial charge in [0, 0.05) is 11.1 Å². The lowest BCUT2D eigenvalue weighted by molar-refractivity contribution is 0.432. The molecule has 0 aliphatic rings. The van der Waals surface area contributed by atoms with Gasteiger partial charge in [-0.2, -0.15) is 0 Å². The van der Waals surface area contributed by atoms with Gasteiger partial charge in [-0.3, -0.25) is 4.79 Å². The molecule has 0 amide bonds. The maximum absolute atomic E-state index is 13.7. The lowest BCUT2D eigenvalue weighted by atomic mass is 9.96. The summed E-state index contributed by atoms with van der Waals surface area (Å²) in [4.78, 5) is 12.8. The molecule has 1 aromatic heterocycles. The maximum Gasteiger partial charge on any atom is 0.196 e. The van der Waals surface area contributed by atoms with Crippen molar-refractivity contribution >= 4 is 11.0 Å². The predicted molar refractivity (Wildman–Crippen MR) is 85.3 cm³/mol. The van der Waals surface area contributed by atoms with Crippen molar-refractivity contribution in [3.05, 3.63) is 58.0 Å². The molecule has 0 saturated carbocycles. The topological polar surface area (TPSA) is 70.7 Å². The van der Waals surface area contributed by atoms with Crippen LogP contribution < -0.4 is 5.43 Å². The van der Waals surface area contributed by atoms with Gasteiger partial charge in [0.25, 0.3) is 0 Å². The number of aromatic hydroxyl groups is 2. The van der Waals surface area contributed by atoms with E-state index in [0.717, 1.165) is 6.07 Å². The Morgan fingerprint density at radius 1 is 1.09 bits per heavy atom. The molecule has 2 N–H and O–H groups in total. The van der Waals surface area contributed by atoms with Crippen LogP contribution in [0.4, 0.5) is 4.39 Å². The average Bonchev–Trinajstić information content (AvgIpc) is 2.50. The Labute approximate surface area is 131 Å². The minimum absolute atomic E-state index is 0.0251. The lowest BCUT2D eigenvalue weighted by Gasteiger charge is -2.13. The molecule has 0 aliphatic carbocycles. The number of rotatable bonds is 2. The summed E-state index contributed by atoms with van der Waals surface area (Å²) >= 11 is 0. The van der Waals surface area contributed by atoms with E-state index in [9.17, 15) is 19.4 Å². The first-order valence-corrected chi connectivity index (χ1v) is 7.17. The van der Waals surface area contributed by atoms with Gasteiger partial charge in [-0.05, 0) is 42.3 Å². The summed E-state index contributed by atoms with van der Waals surface area (Å²) in [6.45, 7) is 3.67. The minimum atomic E-state index is -0.786.